The first kappa shape index (κ1) is 23.1. The minimum absolute atomic E-state index is 0.0882. The first-order valence-corrected chi connectivity index (χ1v) is 12.3. The van der Waals surface area contributed by atoms with Crippen LogP contribution in [-0.4, -0.2) is 35.7 Å². The molecule has 0 aliphatic heterocycles. The molecule has 1 aromatic heterocycles. The number of amides is 2. The predicted molar refractivity (Wildman–Crippen MR) is 135 cm³/mol. The van der Waals surface area contributed by atoms with Crippen LogP contribution in [0.3, 0.4) is 0 Å². The molecule has 3 aromatic carbocycles. The average molecular weight is 498 g/mol. The van der Waals surface area contributed by atoms with Crippen LogP contribution in [0.1, 0.15) is 10.4 Å². The number of rotatable bonds is 9. The zero-order valence-electron chi connectivity index (χ0n) is 17.4. The van der Waals surface area contributed by atoms with Crippen LogP contribution in [0, 0.1) is 0 Å². The maximum atomic E-state index is 12.3. The lowest BCUT2D eigenvalue weighted by Gasteiger charge is -2.07. The van der Waals surface area contributed by atoms with Crippen LogP contribution in [0.4, 0.5) is 5.69 Å². The van der Waals surface area contributed by atoms with Gasteiger partial charge >= 0.3 is 0 Å². The predicted octanol–water partition coefficient (Wildman–Crippen LogP) is 5.49. The average Bonchev–Trinajstić information content (AvgIpc) is 3.24. The van der Waals surface area contributed by atoms with E-state index in [9.17, 15) is 9.59 Å². The van der Waals surface area contributed by atoms with Crippen molar-refractivity contribution < 1.29 is 14.3 Å². The van der Waals surface area contributed by atoms with Crippen molar-refractivity contribution in [3.05, 3.63) is 83.4 Å². The van der Waals surface area contributed by atoms with Gasteiger partial charge in [-0.25, -0.2) is 4.98 Å². The fourth-order valence-corrected chi connectivity index (χ4v) is 4.97. The number of nitrogens with zero attached hydrogens (tertiary/aromatic N) is 1. The number of anilines is 1. The molecule has 0 unspecified atom stereocenters. The molecule has 4 aromatic rings. The number of ether oxygens (including phenoxy) is 1. The van der Waals surface area contributed by atoms with Gasteiger partial charge in [0.2, 0.25) is 5.91 Å². The molecule has 0 spiro atoms. The zero-order valence-corrected chi connectivity index (χ0v) is 19.8. The summed E-state index contributed by atoms with van der Waals surface area (Å²) in [7, 11) is 0. The summed E-state index contributed by atoms with van der Waals surface area (Å²) >= 11 is 8.71. The number of hydrogen-bond donors (Lipinski definition) is 2. The standard InChI is InChI=1S/C24H20ClN3O3S2/c25-17-6-9-19(10-7-17)31-13-12-26-22(29)15-32-24-28-20-11-8-18(14-21(20)33-24)27-23(30)16-4-2-1-3-5-16/h1-11,14H,12-13,15H2,(H,26,29)(H,27,30). The molecule has 0 aliphatic carbocycles. The lowest BCUT2D eigenvalue weighted by Crippen LogP contribution is -2.29. The first-order chi connectivity index (χ1) is 16.1. The van der Waals surface area contributed by atoms with Crippen LogP contribution < -0.4 is 15.4 Å². The highest BCUT2D eigenvalue weighted by Gasteiger charge is 2.10. The highest BCUT2D eigenvalue weighted by Crippen LogP contribution is 2.31. The number of halogens is 1. The Morgan fingerprint density at radius 2 is 1.82 bits per heavy atom. The van der Waals surface area contributed by atoms with Gasteiger partial charge < -0.3 is 15.4 Å². The summed E-state index contributed by atoms with van der Waals surface area (Å²) in [5, 5.41) is 6.39. The molecule has 33 heavy (non-hydrogen) atoms. The van der Waals surface area contributed by atoms with Crippen molar-refractivity contribution in [2.45, 2.75) is 4.34 Å². The van der Waals surface area contributed by atoms with Crippen molar-refractivity contribution in [2.24, 2.45) is 0 Å². The van der Waals surface area contributed by atoms with Gasteiger partial charge in [0.25, 0.3) is 5.91 Å². The van der Waals surface area contributed by atoms with Crippen molar-refractivity contribution >= 4 is 62.4 Å². The molecule has 0 saturated heterocycles. The van der Waals surface area contributed by atoms with Gasteiger partial charge in [-0.2, -0.15) is 0 Å². The van der Waals surface area contributed by atoms with Gasteiger partial charge in [-0.15, -0.1) is 11.3 Å². The van der Waals surface area contributed by atoms with Gasteiger partial charge in [0.15, 0.2) is 4.34 Å². The molecule has 9 heteroatoms. The molecular formula is C24H20ClN3O3S2. The molecule has 0 atom stereocenters. The van der Waals surface area contributed by atoms with Crippen LogP contribution in [0.15, 0.2) is 77.1 Å². The van der Waals surface area contributed by atoms with Gasteiger partial charge in [-0.05, 0) is 54.6 Å². The number of aromatic nitrogens is 1. The van der Waals surface area contributed by atoms with E-state index in [1.165, 1.54) is 23.1 Å². The molecule has 0 bridgehead atoms. The third kappa shape index (κ3) is 6.71. The van der Waals surface area contributed by atoms with E-state index in [1.807, 2.05) is 36.4 Å². The number of fused-ring (bicyclic) bond motifs is 1. The number of carbonyl (C=O) groups excluding carboxylic acids is 2. The van der Waals surface area contributed by atoms with Crippen LogP contribution in [0.2, 0.25) is 5.02 Å². The zero-order chi connectivity index (χ0) is 23.0. The molecule has 0 saturated carbocycles. The number of carbonyl (C=O) groups is 2. The summed E-state index contributed by atoms with van der Waals surface area (Å²) in [6.07, 6.45) is 0. The van der Waals surface area contributed by atoms with E-state index in [2.05, 4.69) is 15.6 Å². The summed E-state index contributed by atoms with van der Waals surface area (Å²) in [6, 6.07) is 21.7. The third-order valence-electron chi connectivity index (χ3n) is 4.50. The minimum Gasteiger partial charge on any atom is -0.492 e. The molecule has 6 nitrogen and oxygen atoms in total. The van der Waals surface area contributed by atoms with E-state index >= 15 is 0 Å². The van der Waals surface area contributed by atoms with Crippen molar-refractivity contribution in [1.82, 2.24) is 10.3 Å². The summed E-state index contributed by atoms with van der Waals surface area (Å²) in [6.45, 7) is 0.781. The fourth-order valence-electron chi connectivity index (χ4n) is 2.90. The van der Waals surface area contributed by atoms with Crippen LogP contribution >= 0.6 is 34.7 Å². The van der Waals surface area contributed by atoms with E-state index in [4.69, 9.17) is 16.3 Å². The Hall–Kier alpha value is -3.07. The molecule has 2 N–H and O–H groups in total. The SMILES string of the molecule is O=C(CSc1nc2ccc(NC(=O)c3ccccc3)cc2s1)NCCOc1ccc(Cl)cc1. The minimum atomic E-state index is -0.161. The van der Waals surface area contributed by atoms with Crippen molar-refractivity contribution in [1.29, 1.82) is 0 Å². The Kier molecular flexibility index (Phi) is 7.83. The molecule has 2 amide bonds. The molecule has 168 valence electrons. The number of thiazole rings is 1. The Morgan fingerprint density at radius 3 is 2.61 bits per heavy atom. The maximum Gasteiger partial charge on any atom is 0.255 e. The van der Waals surface area contributed by atoms with Gasteiger partial charge in [0.1, 0.15) is 12.4 Å². The Balaban J connectivity index is 1.24. The highest BCUT2D eigenvalue weighted by molar-refractivity contribution is 8.01. The molecule has 0 fully saturated rings. The van der Waals surface area contributed by atoms with Gasteiger partial charge in [-0.3, -0.25) is 9.59 Å². The fraction of sp³-hybridized carbons (Fsp3) is 0.125. The molecule has 1 heterocycles. The number of benzene rings is 3. The van der Waals surface area contributed by atoms with E-state index in [1.54, 1.807) is 36.4 Å². The largest absolute Gasteiger partial charge is 0.492 e. The molecule has 0 radical (unpaired) electrons. The Morgan fingerprint density at radius 1 is 1.03 bits per heavy atom. The molecule has 4 rings (SSSR count). The summed E-state index contributed by atoms with van der Waals surface area (Å²) < 4.78 is 7.30. The second-order valence-electron chi connectivity index (χ2n) is 6.92. The smallest absolute Gasteiger partial charge is 0.255 e. The summed E-state index contributed by atoms with van der Waals surface area (Å²) in [5.74, 6) is 0.718. The van der Waals surface area contributed by atoms with E-state index in [0.29, 0.717) is 35.2 Å². The van der Waals surface area contributed by atoms with Crippen LogP contribution in [-0.2, 0) is 4.79 Å². The third-order valence-corrected chi connectivity index (χ3v) is 6.91. The quantitative estimate of drug-likeness (QED) is 0.236. The lowest BCUT2D eigenvalue weighted by molar-refractivity contribution is -0.118. The van der Waals surface area contributed by atoms with Gasteiger partial charge in [0.05, 0.1) is 22.5 Å². The van der Waals surface area contributed by atoms with Crippen molar-refractivity contribution in [2.75, 3.05) is 24.2 Å². The van der Waals surface area contributed by atoms with Crippen LogP contribution in [0.5, 0.6) is 5.75 Å². The van der Waals surface area contributed by atoms with E-state index in [-0.39, 0.29) is 17.6 Å². The number of nitrogens with one attached hydrogen (secondary N) is 2. The highest BCUT2D eigenvalue weighted by atomic mass is 35.5. The molecule has 0 aliphatic rings. The van der Waals surface area contributed by atoms with Gasteiger partial charge in [0, 0.05) is 16.3 Å². The summed E-state index contributed by atoms with van der Waals surface area (Å²) in [5.41, 5.74) is 2.13. The molecular weight excluding hydrogens is 478 g/mol. The Labute approximate surface area is 204 Å². The number of thioether (sulfide) groups is 1. The second-order valence-corrected chi connectivity index (χ2v) is 9.61. The second kappa shape index (κ2) is 11.2. The first-order valence-electron chi connectivity index (χ1n) is 10.1. The topological polar surface area (TPSA) is 80.3 Å². The van der Waals surface area contributed by atoms with E-state index < -0.39 is 0 Å². The number of hydrogen-bond acceptors (Lipinski definition) is 6. The van der Waals surface area contributed by atoms with Gasteiger partial charge in [-0.1, -0.05) is 41.6 Å². The van der Waals surface area contributed by atoms with E-state index in [0.717, 1.165) is 14.6 Å². The Bertz CT molecular complexity index is 1250. The lowest BCUT2D eigenvalue weighted by atomic mass is 10.2. The van der Waals surface area contributed by atoms with Crippen LogP contribution in [0.25, 0.3) is 10.2 Å². The monoisotopic (exact) mass is 497 g/mol. The maximum absolute atomic E-state index is 12.3. The van der Waals surface area contributed by atoms with Crippen molar-refractivity contribution in [3.8, 4) is 5.75 Å². The normalized spacial score (nSPS) is 10.7. The van der Waals surface area contributed by atoms with Crippen molar-refractivity contribution in [3.63, 3.8) is 0 Å². The summed E-state index contributed by atoms with van der Waals surface area (Å²) in [4.78, 5) is 29.0.